The first kappa shape index (κ1) is 11.9. The summed E-state index contributed by atoms with van der Waals surface area (Å²) in [5, 5.41) is 7.87. The van der Waals surface area contributed by atoms with Gasteiger partial charge in [-0.15, -0.1) is 0 Å². The van der Waals surface area contributed by atoms with E-state index < -0.39 is 0 Å². The van der Waals surface area contributed by atoms with E-state index in [1.807, 2.05) is 33.2 Å². The number of anilines is 2. The molecule has 0 aliphatic carbocycles. The number of hydrogen-bond donors (Lipinski definition) is 1. The Balaban J connectivity index is 2.35. The molecule has 0 aliphatic rings. The van der Waals surface area contributed by atoms with Crippen LogP contribution in [0.15, 0.2) is 18.6 Å². The zero-order valence-electron chi connectivity index (χ0n) is 9.98. The summed E-state index contributed by atoms with van der Waals surface area (Å²) in [5.41, 5.74) is 0.903. The van der Waals surface area contributed by atoms with Gasteiger partial charge >= 0.3 is 0 Å². The Morgan fingerprint density at radius 2 is 2.12 bits per heavy atom. The lowest BCUT2D eigenvalue weighted by Crippen LogP contribution is -2.03. The van der Waals surface area contributed by atoms with Gasteiger partial charge < -0.3 is 5.32 Å². The van der Waals surface area contributed by atoms with Crippen LogP contribution >= 0.6 is 11.6 Å². The standard InChI is InChI=1S/C11H14ClN5/c1-7(2)9-10(12)13-6-14-11(9)15-8-4-5-17(3)16-8/h4-7H,1-3H3,(H,13,14,15,16). The van der Waals surface area contributed by atoms with Crippen molar-refractivity contribution in [2.24, 2.45) is 7.05 Å². The molecule has 2 aromatic rings. The van der Waals surface area contributed by atoms with E-state index in [2.05, 4.69) is 20.4 Å². The number of nitrogens with zero attached hydrogens (tertiary/aromatic N) is 4. The summed E-state index contributed by atoms with van der Waals surface area (Å²) in [7, 11) is 1.86. The molecule has 0 atom stereocenters. The van der Waals surface area contributed by atoms with Crippen LogP contribution in [0.4, 0.5) is 11.6 Å². The summed E-state index contributed by atoms with van der Waals surface area (Å²) in [6, 6.07) is 1.88. The molecule has 2 rings (SSSR count). The minimum atomic E-state index is 0.245. The molecule has 2 aromatic heterocycles. The van der Waals surface area contributed by atoms with Gasteiger partial charge in [-0.25, -0.2) is 9.97 Å². The van der Waals surface area contributed by atoms with Crippen molar-refractivity contribution >= 4 is 23.2 Å². The maximum Gasteiger partial charge on any atom is 0.153 e. The molecule has 0 unspecified atom stereocenters. The van der Waals surface area contributed by atoms with E-state index in [9.17, 15) is 0 Å². The highest BCUT2D eigenvalue weighted by atomic mass is 35.5. The van der Waals surface area contributed by atoms with Gasteiger partial charge in [0.2, 0.25) is 0 Å². The Morgan fingerprint density at radius 3 is 2.71 bits per heavy atom. The number of rotatable bonds is 3. The third-order valence-corrected chi connectivity index (χ3v) is 2.67. The van der Waals surface area contributed by atoms with Crippen LogP contribution in [0.1, 0.15) is 25.3 Å². The van der Waals surface area contributed by atoms with Gasteiger partial charge in [-0.2, -0.15) is 5.10 Å². The number of nitrogens with one attached hydrogen (secondary N) is 1. The van der Waals surface area contributed by atoms with Gasteiger partial charge in [0.25, 0.3) is 0 Å². The third-order valence-electron chi connectivity index (χ3n) is 2.37. The van der Waals surface area contributed by atoms with Crippen molar-refractivity contribution in [3.63, 3.8) is 0 Å². The van der Waals surface area contributed by atoms with E-state index in [1.54, 1.807) is 4.68 Å². The van der Waals surface area contributed by atoms with Gasteiger partial charge in [-0.1, -0.05) is 25.4 Å². The second-order valence-corrected chi connectivity index (χ2v) is 4.44. The minimum absolute atomic E-state index is 0.245. The molecule has 0 spiro atoms. The van der Waals surface area contributed by atoms with E-state index in [-0.39, 0.29) is 5.92 Å². The fraction of sp³-hybridized carbons (Fsp3) is 0.364. The summed E-state index contributed by atoms with van der Waals surface area (Å²) >= 11 is 6.08. The summed E-state index contributed by atoms with van der Waals surface area (Å²) in [4.78, 5) is 8.21. The first-order valence-corrected chi connectivity index (χ1v) is 5.72. The Labute approximate surface area is 105 Å². The normalized spacial score (nSPS) is 10.9. The second-order valence-electron chi connectivity index (χ2n) is 4.08. The molecule has 0 saturated carbocycles. The lowest BCUT2D eigenvalue weighted by molar-refractivity contribution is 0.770. The van der Waals surface area contributed by atoms with Crippen molar-refractivity contribution in [2.75, 3.05) is 5.32 Å². The van der Waals surface area contributed by atoms with Crippen LogP contribution in [0.3, 0.4) is 0 Å². The van der Waals surface area contributed by atoms with E-state index in [0.717, 1.165) is 11.4 Å². The van der Waals surface area contributed by atoms with Gasteiger partial charge in [0.1, 0.15) is 17.3 Å². The van der Waals surface area contributed by atoms with Crippen molar-refractivity contribution in [1.82, 2.24) is 19.7 Å². The largest absolute Gasteiger partial charge is 0.323 e. The fourth-order valence-corrected chi connectivity index (χ4v) is 1.94. The smallest absolute Gasteiger partial charge is 0.153 e. The Kier molecular flexibility index (Phi) is 3.28. The Hall–Kier alpha value is -1.62. The van der Waals surface area contributed by atoms with E-state index >= 15 is 0 Å². The highest BCUT2D eigenvalue weighted by Crippen LogP contribution is 2.29. The average molecular weight is 252 g/mol. The van der Waals surface area contributed by atoms with Crippen LogP contribution < -0.4 is 5.32 Å². The molecule has 90 valence electrons. The second kappa shape index (κ2) is 4.71. The summed E-state index contributed by atoms with van der Waals surface area (Å²) in [6.07, 6.45) is 3.31. The van der Waals surface area contributed by atoms with Gasteiger partial charge in [0.05, 0.1) is 0 Å². The predicted molar refractivity (Wildman–Crippen MR) is 67.6 cm³/mol. The highest BCUT2D eigenvalue weighted by Gasteiger charge is 2.14. The molecular formula is C11H14ClN5. The maximum absolute atomic E-state index is 6.08. The van der Waals surface area contributed by atoms with E-state index in [1.165, 1.54) is 6.33 Å². The summed E-state index contributed by atoms with van der Waals surface area (Å²) < 4.78 is 1.72. The number of hydrogen-bond acceptors (Lipinski definition) is 4. The van der Waals surface area contributed by atoms with Crippen LogP contribution in [0.25, 0.3) is 0 Å². The Morgan fingerprint density at radius 1 is 1.35 bits per heavy atom. The van der Waals surface area contributed by atoms with Crippen molar-refractivity contribution in [1.29, 1.82) is 0 Å². The van der Waals surface area contributed by atoms with Crippen LogP contribution in [0, 0.1) is 0 Å². The fourth-order valence-electron chi connectivity index (χ4n) is 1.59. The zero-order chi connectivity index (χ0) is 12.4. The minimum Gasteiger partial charge on any atom is -0.323 e. The molecule has 1 N–H and O–H groups in total. The molecule has 0 amide bonds. The monoisotopic (exact) mass is 251 g/mol. The molecule has 0 fully saturated rings. The molecule has 0 radical (unpaired) electrons. The quantitative estimate of drug-likeness (QED) is 0.853. The van der Waals surface area contributed by atoms with Crippen LogP contribution in [-0.2, 0) is 7.05 Å². The SMILES string of the molecule is CC(C)c1c(Cl)ncnc1Nc1ccn(C)n1. The average Bonchev–Trinajstić information content (AvgIpc) is 2.63. The van der Waals surface area contributed by atoms with Gasteiger partial charge in [0, 0.05) is 24.9 Å². The number of halogens is 1. The van der Waals surface area contributed by atoms with E-state index in [4.69, 9.17) is 11.6 Å². The summed E-state index contributed by atoms with van der Waals surface area (Å²) in [6.45, 7) is 4.10. The first-order valence-electron chi connectivity index (χ1n) is 5.35. The molecule has 0 aliphatic heterocycles. The molecule has 0 aromatic carbocycles. The molecule has 6 heteroatoms. The van der Waals surface area contributed by atoms with Crippen molar-refractivity contribution in [3.05, 3.63) is 29.3 Å². The lowest BCUT2D eigenvalue weighted by atomic mass is 10.1. The van der Waals surface area contributed by atoms with Crippen molar-refractivity contribution in [2.45, 2.75) is 19.8 Å². The molecule has 17 heavy (non-hydrogen) atoms. The summed E-state index contributed by atoms with van der Waals surface area (Å²) in [5.74, 6) is 1.69. The van der Waals surface area contributed by atoms with Gasteiger partial charge in [-0.05, 0) is 5.92 Å². The molecule has 0 saturated heterocycles. The topological polar surface area (TPSA) is 55.6 Å². The van der Waals surface area contributed by atoms with Gasteiger partial charge in [0.15, 0.2) is 5.82 Å². The molecule has 0 bridgehead atoms. The molecule has 5 nitrogen and oxygen atoms in total. The van der Waals surface area contributed by atoms with Crippen LogP contribution in [0.2, 0.25) is 5.15 Å². The third kappa shape index (κ3) is 2.55. The zero-order valence-corrected chi connectivity index (χ0v) is 10.7. The number of aryl methyl sites for hydroxylation is 1. The van der Waals surface area contributed by atoms with Crippen molar-refractivity contribution < 1.29 is 0 Å². The van der Waals surface area contributed by atoms with Gasteiger partial charge in [-0.3, -0.25) is 4.68 Å². The van der Waals surface area contributed by atoms with Crippen LogP contribution in [-0.4, -0.2) is 19.7 Å². The highest BCUT2D eigenvalue weighted by molar-refractivity contribution is 6.30. The van der Waals surface area contributed by atoms with Crippen molar-refractivity contribution in [3.8, 4) is 0 Å². The maximum atomic E-state index is 6.08. The van der Waals surface area contributed by atoms with E-state index in [0.29, 0.717) is 11.0 Å². The first-order chi connectivity index (χ1) is 8.08. The molecular weight excluding hydrogens is 238 g/mol. The number of aromatic nitrogens is 4. The van der Waals surface area contributed by atoms with Crippen LogP contribution in [0.5, 0.6) is 0 Å². The Bertz CT molecular complexity index is 520. The molecule has 2 heterocycles. The lowest BCUT2D eigenvalue weighted by Gasteiger charge is -2.12. The predicted octanol–water partition coefficient (Wildman–Crippen LogP) is 2.73.